The van der Waals surface area contributed by atoms with Crippen LogP contribution in [0.25, 0.3) is 11.0 Å². The van der Waals surface area contributed by atoms with Crippen molar-refractivity contribution in [1.82, 2.24) is 14.5 Å². The van der Waals surface area contributed by atoms with Crippen LogP contribution in [0.4, 0.5) is 0 Å². The number of amides is 1. The van der Waals surface area contributed by atoms with Gasteiger partial charge < -0.3 is 14.2 Å². The van der Waals surface area contributed by atoms with Crippen LogP contribution < -0.4 is 4.74 Å². The van der Waals surface area contributed by atoms with Crippen molar-refractivity contribution in [2.45, 2.75) is 58.0 Å². The molecule has 158 valence electrons. The number of carbonyl (C=O) groups excluding carboxylic acids is 1. The number of para-hydroxylation sites is 3. The maximum atomic E-state index is 12.6. The van der Waals surface area contributed by atoms with Gasteiger partial charge in [0.15, 0.2) is 0 Å². The topological polar surface area (TPSA) is 47.4 Å². The molecule has 0 saturated carbocycles. The first-order chi connectivity index (χ1) is 14.4. The fourth-order valence-electron chi connectivity index (χ4n) is 4.25. The second-order valence-corrected chi connectivity index (χ2v) is 9.06. The summed E-state index contributed by atoms with van der Waals surface area (Å²) >= 11 is 0. The smallest absolute Gasteiger partial charge is 0.223 e. The molecule has 0 aliphatic carbocycles. The summed E-state index contributed by atoms with van der Waals surface area (Å²) in [5.41, 5.74) is 2.00. The van der Waals surface area contributed by atoms with Crippen molar-refractivity contribution in [2.75, 3.05) is 13.2 Å². The van der Waals surface area contributed by atoms with Crippen LogP contribution >= 0.6 is 0 Å². The number of fused-ring (bicyclic) bond motifs is 1. The Kier molecular flexibility index (Phi) is 5.80. The molecule has 0 radical (unpaired) electrons. The Morgan fingerprint density at radius 1 is 1.03 bits per heavy atom. The summed E-state index contributed by atoms with van der Waals surface area (Å²) in [4.78, 5) is 19.6. The molecule has 1 amide bonds. The molecular weight excluding hydrogens is 374 g/mol. The number of hydrogen-bond donors (Lipinski definition) is 0. The van der Waals surface area contributed by atoms with Gasteiger partial charge in [0, 0.05) is 31.0 Å². The second-order valence-electron chi connectivity index (χ2n) is 9.06. The summed E-state index contributed by atoms with van der Waals surface area (Å²) in [7, 11) is 0. The maximum Gasteiger partial charge on any atom is 0.223 e. The van der Waals surface area contributed by atoms with Crippen LogP contribution in [0.3, 0.4) is 0 Å². The Balaban J connectivity index is 1.46. The number of aryl methyl sites for hydroxylation is 1. The molecule has 5 heteroatoms. The maximum absolute atomic E-state index is 12.6. The number of likely N-dealkylation sites (tertiary alicyclic amines) is 1. The third-order valence-electron chi connectivity index (χ3n) is 5.77. The molecule has 1 aliphatic heterocycles. The fraction of sp³-hybridized carbons (Fsp3) is 0.440. The van der Waals surface area contributed by atoms with Crippen LogP contribution in [0.1, 0.15) is 51.8 Å². The van der Waals surface area contributed by atoms with E-state index < -0.39 is 0 Å². The van der Waals surface area contributed by atoms with Crippen molar-refractivity contribution < 1.29 is 9.53 Å². The Morgan fingerprint density at radius 3 is 2.50 bits per heavy atom. The summed E-state index contributed by atoms with van der Waals surface area (Å²) < 4.78 is 8.15. The zero-order valence-corrected chi connectivity index (χ0v) is 18.2. The predicted octanol–water partition coefficient (Wildman–Crippen LogP) is 5.01. The SMILES string of the molecule is CC(C)(C)N1CC(c2nc3ccccc3n2CCCCOc2ccccc2)CC1=O. The van der Waals surface area contributed by atoms with Gasteiger partial charge in [0.05, 0.1) is 17.6 Å². The molecule has 3 aromatic rings. The zero-order valence-electron chi connectivity index (χ0n) is 18.2. The van der Waals surface area contributed by atoms with E-state index in [1.807, 2.05) is 41.3 Å². The number of hydrogen-bond acceptors (Lipinski definition) is 3. The molecule has 1 saturated heterocycles. The van der Waals surface area contributed by atoms with Crippen LogP contribution in [-0.4, -0.2) is 39.0 Å². The quantitative estimate of drug-likeness (QED) is 0.519. The van der Waals surface area contributed by atoms with Crippen molar-refractivity contribution in [3.63, 3.8) is 0 Å². The Labute approximate surface area is 178 Å². The van der Waals surface area contributed by atoms with Crippen molar-refractivity contribution >= 4 is 16.9 Å². The lowest BCUT2D eigenvalue weighted by atomic mass is 10.1. The third kappa shape index (κ3) is 4.35. The van der Waals surface area contributed by atoms with Crippen LogP contribution in [0, 0.1) is 0 Å². The minimum atomic E-state index is -0.155. The Bertz CT molecular complexity index is 1000. The molecule has 1 aliphatic rings. The van der Waals surface area contributed by atoms with Gasteiger partial charge in [-0.2, -0.15) is 0 Å². The molecule has 2 aromatic carbocycles. The minimum Gasteiger partial charge on any atom is -0.494 e. The normalized spacial score (nSPS) is 17.1. The summed E-state index contributed by atoms with van der Waals surface area (Å²) in [5, 5.41) is 0. The molecule has 4 rings (SSSR count). The highest BCUT2D eigenvalue weighted by atomic mass is 16.5. The molecule has 1 fully saturated rings. The van der Waals surface area contributed by atoms with E-state index in [1.54, 1.807) is 0 Å². The lowest BCUT2D eigenvalue weighted by Gasteiger charge is -2.32. The van der Waals surface area contributed by atoms with Crippen LogP contribution in [0.5, 0.6) is 5.75 Å². The van der Waals surface area contributed by atoms with E-state index in [0.717, 1.165) is 48.5 Å². The minimum absolute atomic E-state index is 0.143. The third-order valence-corrected chi connectivity index (χ3v) is 5.77. The molecule has 0 bridgehead atoms. The Morgan fingerprint density at radius 2 is 1.77 bits per heavy atom. The van der Waals surface area contributed by atoms with Gasteiger partial charge in [-0.3, -0.25) is 4.79 Å². The highest BCUT2D eigenvalue weighted by Crippen LogP contribution is 2.34. The standard InChI is InChI=1S/C25H31N3O2/c1-25(2,3)28-18-19(17-23(28)29)24-26-21-13-7-8-14-22(21)27(24)15-9-10-16-30-20-11-5-4-6-12-20/h4-8,11-14,19H,9-10,15-18H2,1-3H3. The van der Waals surface area contributed by atoms with Gasteiger partial charge in [-0.15, -0.1) is 0 Å². The molecular formula is C25H31N3O2. The molecule has 0 spiro atoms. The van der Waals surface area contributed by atoms with Gasteiger partial charge in [-0.05, 0) is 57.9 Å². The number of ether oxygens (including phenoxy) is 1. The fourth-order valence-corrected chi connectivity index (χ4v) is 4.25. The van der Waals surface area contributed by atoms with E-state index in [4.69, 9.17) is 9.72 Å². The number of imidazole rings is 1. The molecule has 1 unspecified atom stereocenters. The number of carbonyl (C=O) groups is 1. The average molecular weight is 406 g/mol. The summed E-state index contributed by atoms with van der Waals surface area (Å²) in [6.45, 7) is 8.62. The van der Waals surface area contributed by atoms with Crippen molar-refractivity contribution in [2.24, 2.45) is 0 Å². The summed E-state index contributed by atoms with van der Waals surface area (Å²) in [6, 6.07) is 18.2. The number of benzene rings is 2. The monoisotopic (exact) mass is 405 g/mol. The van der Waals surface area contributed by atoms with Gasteiger partial charge in [-0.1, -0.05) is 30.3 Å². The largest absolute Gasteiger partial charge is 0.494 e. The highest BCUT2D eigenvalue weighted by Gasteiger charge is 2.38. The predicted molar refractivity (Wildman–Crippen MR) is 120 cm³/mol. The van der Waals surface area contributed by atoms with Gasteiger partial charge >= 0.3 is 0 Å². The number of unbranched alkanes of at least 4 members (excludes halogenated alkanes) is 1. The first-order valence-electron chi connectivity index (χ1n) is 10.9. The van der Waals surface area contributed by atoms with E-state index in [2.05, 4.69) is 43.5 Å². The van der Waals surface area contributed by atoms with Crippen molar-refractivity contribution in [3.8, 4) is 5.75 Å². The van der Waals surface area contributed by atoms with E-state index in [0.29, 0.717) is 13.0 Å². The second kappa shape index (κ2) is 8.50. The molecule has 0 N–H and O–H groups in total. The van der Waals surface area contributed by atoms with Crippen molar-refractivity contribution in [1.29, 1.82) is 0 Å². The highest BCUT2D eigenvalue weighted by molar-refractivity contribution is 5.81. The molecule has 1 atom stereocenters. The van der Waals surface area contributed by atoms with E-state index in [1.165, 1.54) is 0 Å². The van der Waals surface area contributed by atoms with Crippen LogP contribution in [0.15, 0.2) is 54.6 Å². The molecule has 1 aromatic heterocycles. The average Bonchev–Trinajstić information content (AvgIpc) is 3.29. The van der Waals surface area contributed by atoms with E-state index in [9.17, 15) is 4.79 Å². The number of nitrogens with zero attached hydrogens (tertiary/aromatic N) is 3. The Hall–Kier alpha value is -2.82. The van der Waals surface area contributed by atoms with Gasteiger partial charge in [0.2, 0.25) is 5.91 Å². The first-order valence-corrected chi connectivity index (χ1v) is 10.9. The number of rotatable bonds is 7. The van der Waals surface area contributed by atoms with Crippen LogP contribution in [-0.2, 0) is 11.3 Å². The van der Waals surface area contributed by atoms with Gasteiger partial charge in [-0.25, -0.2) is 4.98 Å². The van der Waals surface area contributed by atoms with Crippen LogP contribution in [0.2, 0.25) is 0 Å². The lowest BCUT2D eigenvalue weighted by Crippen LogP contribution is -2.42. The molecule has 30 heavy (non-hydrogen) atoms. The van der Waals surface area contributed by atoms with Crippen molar-refractivity contribution in [3.05, 3.63) is 60.4 Å². The summed E-state index contributed by atoms with van der Waals surface area (Å²) in [6.07, 6.45) is 2.51. The number of aromatic nitrogens is 2. The van der Waals surface area contributed by atoms with Gasteiger partial charge in [0.1, 0.15) is 11.6 Å². The van der Waals surface area contributed by atoms with E-state index >= 15 is 0 Å². The zero-order chi connectivity index (χ0) is 21.1. The molecule has 5 nitrogen and oxygen atoms in total. The van der Waals surface area contributed by atoms with Gasteiger partial charge in [0.25, 0.3) is 0 Å². The lowest BCUT2D eigenvalue weighted by molar-refractivity contribution is -0.131. The molecule has 2 heterocycles. The summed E-state index contributed by atoms with van der Waals surface area (Å²) in [5.74, 6) is 2.32. The first kappa shape index (κ1) is 20.5. The van der Waals surface area contributed by atoms with E-state index in [-0.39, 0.29) is 17.4 Å².